The molecule has 6 nitrogen and oxygen atoms in total. The fourth-order valence-electron chi connectivity index (χ4n) is 2.52. The normalized spacial score (nSPS) is 12.9. The van der Waals surface area contributed by atoms with Gasteiger partial charge in [-0.3, -0.25) is 19.3 Å². The Labute approximate surface area is 149 Å². The number of rotatable bonds is 6. The molecule has 0 saturated carbocycles. The van der Waals surface area contributed by atoms with Crippen molar-refractivity contribution in [3.05, 3.63) is 64.7 Å². The molecule has 1 N–H and O–H groups in total. The van der Waals surface area contributed by atoms with Gasteiger partial charge < -0.3 is 10.1 Å². The first-order valence-corrected chi connectivity index (χ1v) is 8.05. The third-order valence-electron chi connectivity index (χ3n) is 3.72. The second kappa shape index (κ2) is 7.36. The van der Waals surface area contributed by atoms with Gasteiger partial charge in [-0.1, -0.05) is 35.9 Å². The first-order valence-electron chi connectivity index (χ1n) is 7.67. The summed E-state index contributed by atoms with van der Waals surface area (Å²) in [5.41, 5.74) is 0.504. The van der Waals surface area contributed by atoms with Crippen LogP contribution < -0.4 is 10.1 Å². The summed E-state index contributed by atoms with van der Waals surface area (Å²) >= 11 is 5.99. The number of hydrogen-bond donors (Lipinski definition) is 1. The van der Waals surface area contributed by atoms with E-state index >= 15 is 0 Å². The van der Waals surface area contributed by atoms with Crippen LogP contribution in [0.15, 0.2) is 48.5 Å². The van der Waals surface area contributed by atoms with E-state index in [1.807, 2.05) is 6.07 Å². The van der Waals surface area contributed by atoms with Crippen molar-refractivity contribution in [3.8, 4) is 5.75 Å². The Balaban J connectivity index is 1.50. The van der Waals surface area contributed by atoms with Gasteiger partial charge >= 0.3 is 0 Å². The van der Waals surface area contributed by atoms with Crippen LogP contribution in [0.25, 0.3) is 0 Å². The van der Waals surface area contributed by atoms with Crippen LogP contribution in [0.2, 0.25) is 5.02 Å². The molecule has 0 atom stereocenters. The molecule has 1 aliphatic rings. The fraction of sp³-hybridized carbons (Fsp3) is 0.167. The molecule has 3 amide bonds. The standard InChI is InChI=1S/C18H15ClN2O4/c19-14-8-4-7-13-16(14)18(24)21(17(13)23)10-9-20-15(22)11-25-12-5-2-1-3-6-12/h1-8H,9-11H2,(H,20,22). The second-order valence-electron chi connectivity index (χ2n) is 5.38. The molecule has 0 radical (unpaired) electrons. The molecule has 2 aromatic rings. The van der Waals surface area contributed by atoms with Gasteiger partial charge in [-0.25, -0.2) is 0 Å². The number of ether oxygens (including phenoxy) is 1. The van der Waals surface area contributed by atoms with Crippen molar-refractivity contribution in [2.24, 2.45) is 0 Å². The third-order valence-corrected chi connectivity index (χ3v) is 4.03. The van der Waals surface area contributed by atoms with Crippen molar-refractivity contribution in [3.63, 3.8) is 0 Å². The number of nitrogens with zero attached hydrogens (tertiary/aromatic N) is 1. The van der Waals surface area contributed by atoms with Gasteiger partial charge in [0.15, 0.2) is 6.61 Å². The molecule has 25 heavy (non-hydrogen) atoms. The number of amides is 3. The Bertz CT molecular complexity index is 823. The third kappa shape index (κ3) is 3.64. The molecule has 0 aliphatic carbocycles. The molecule has 0 saturated heterocycles. The topological polar surface area (TPSA) is 75.7 Å². The summed E-state index contributed by atoms with van der Waals surface area (Å²) in [6, 6.07) is 13.7. The highest BCUT2D eigenvalue weighted by atomic mass is 35.5. The number of halogens is 1. The Morgan fingerprint density at radius 2 is 1.80 bits per heavy atom. The molecule has 0 fully saturated rings. The van der Waals surface area contributed by atoms with E-state index in [1.165, 1.54) is 0 Å². The Morgan fingerprint density at radius 3 is 2.52 bits per heavy atom. The molecule has 1 heterocycles. The maximum Gasteiger partial charge on any atom is 0.263 e. The zero-order chi connectivity index (χ0) is 17.8. The monoisotopic (exact) mass is 358 g/mol. The summed E-state index contributed by atoms with van der Waals surface area (Å²) in [6.07, 6.45) is 0. The van der Waals surface area contributed by atoms with Gasteiger partial charge in [-0.15, -0.1) is 0 Å². The summed E-state index contributed by atoms with van der Waals surface area (Å²) < 4.78 is 5.32. The number of hydrogen-bond acceptors (Lipinski definition) is 4. The van der Waals surface area contributed by atoms with E-state index in [1.54, 1.807) is 42.5 Å². The molecule has 7 heteroatoms. The molecule has 0 unspecified atom stereocenters. The lowest BCUT2D eigenvalue weighted by Gasteiger charge is -2.14. The molecule has 0 spiro atoms. The SMILES string of the molecule is O=C(COc1ccccc1)NCCN1C(=O)c2cccc(Cl)c2C1=O. The number of imide groups is 1. The van der Waals surface area contributed by atoms with E-state index in [2.05, 4.69) is 5.32 Å². The first kappa shape index (κ1) is 17.0. The highest BCUT2D eigenvalue weighted by Crippen LogP contribution is 2.28. The highest BCUT2D eigenvalue weighted by Gasteiger charge is 2.36. The Hall–Kier alpha value is -2.86. The molecule has 0 aromatic heterocycles. The summed E-state index contributed by atoms with van der Waals surface area (Å²) in [5, 5.41) is 2.87. The van der Waals surface area contributed by atoms with Crippen LogP contribution in [0.4, 0.5) is 0 Å². The van der Waals surface area contributed by atoms with Crippen molar-refractivity contribution in [2.45, 2.75) is 0 Å². The van der Waals surface area contributed by atoms with Crippen molar-refractivity contribution < 1.29 is 19.1 Å². The van der Waals surface area contributed by atoms with Gasteiger partial charge in [-0.05, 0) is 24.3 Å². The zero-order valence-corrected chi connectivity index (χ0v) is 14.0. The number of benzene rings is 2. The summed E-state index contributed by atoms with van der Waals surface area (Å²) in [5.74, 6) is -0.594. The largest absolute Gasteiger partial charge is 0.484 e. The number of para-hydroxylation sites is 1. The van der Waals surface area contributed by atoms with Gasteiger partial charge in [-0.2, -0.15) is 0 Å². The number of carbonyl (C=O) groups is 3. The van der Waals surface area contributed by atoms with E-state index < -0.39 is 11.8 Å². The average Bonchev–Trinajstić information content (AvgIpc) is 2.87. The summed E-state index contributed by atoms with van der Waals surface area (Å²) in [4.78, 5) is 37.4. The van der Waals surface area contributed by atoms with E-state index in [4.69, 9.17) is 16.3 Å². The number of nitrogens with one attached hydrogen (secondary N) is 1. The van der Waals surface area contributed by atoms with Gasteiger partial charge in [0.05, 0.1) is 16.1 Å². The van der Waals surface area contributed by atoms with Crippen LogP contribution in [-0.4, -0.2) is 42.3 Å². The van der Waals surface area contributed by atoms with Crippen LogP contribution in [0, 0.1) is 0 Å². The van der Waals surface area contributed by atoms with Crippen LogP contribution in [0.5, 0.6) is 5.75 Å². The van der Waals surface area contributed by atoms with Crippen LogP contribution in [-0.2, 0) is 4.79 Å². The minimum atomic E-state index is -0.444. The van der Waals surface area contributed by atoms with Crippen LogP contribution in [0.1, 0.15) is 20.7 Å². The van der Waals surface area contributed by atoms with Crippen LogP contribution in [0.3, 0.4) is 0 Å². The Kier molecular flexibility index (Phi) is 5.00. The zero-order valence-electron chi connectivity index (χ0n) is 13.2. The molecular formula is C18H15ClN2O4. The predicted molar refractivity (Wildman–Crippen MR) is 91.8 cm³/mol. The van der Waals surface area contributed by atoms with Crippen molar-refractivity contribution in [1.82, 2.24) is 10.2 Å². The smallest absolute Gasteiger partial charge is 0.263 e. The molecule has 1 aliphatic heterocycles. The quantitative estimate of drug-likeness (QED) is 0.803. The minimum absolute atomic E-state index is 0.0692. The number of fused-ring (bicyclic) bond motifs is 1. The molecule has 3 rings (SSSR count). The predicted octanol–water partition coefficient (Wildman–Crippen LogP) is 2.13. The molecule has 2 aromatic carbocycles. The maximum absolute atomic E-state index is 12.3. The van der Waals surface area contributed by atoms with E-state index in [0.29, 0.717) is 5.75 Å². The van der Waals surface area contributed by atoms with Gasteiger partial charge in [0.1, 0.15) is 5.75 Å². The molecular weight excluding hydrogens is 344 g/mol. The average molecular weight is 359 g/mol. The number of carbonyl (C=O) groups excluding carboxylic acids is 3. The molecule has 0 bridgehead atoms. The van der Waals surface area contributed by atoms with Crippen molar-refractivity contribution in [2.75, 3.05) is 19.7 Å². The molecule has 128 valence electrons. The lowest BCUT2D eigenvalue weighted by atomic mass is 10.1. The lowest BCUT2D eigenvalue weighted by Crippen LogP contribution is -2.39. The van der Waals surface area contributed by atoms with Gasteiger partial charge in [0.2, 0.25) is 0 Å². The van der Waals surface area contributed by atoms with Gasteiger partial charge in [0.25, 0.3) is 17.7 Å². The first-order chi connectivity index (χ1) is 12.1. The summed E-state index contributed by atoms with van der Waals surface area (Å²) in [6.45, 7) is 0.0672. The minimum Gasteiger partial charge on any atom is -0.484 e. The highest BCUT2D eigenvalue weighted by molar-refractivity contribution is 6.37. The van der Waals surface area contributed by atoms with E-state index in [9.17, 15) is 14.4 Å². The van der Waals surface area contributed by atoms with Gasteiger partial charge in [0, 0.05) is 13.1 Å². The fourth-order valence-corrected chi connectivity index (χ4v) is 2.77. The Morgan fingerprint density at radius 1 is 1.04 bits per heavy atom. The lowest BCUT2D eigenvalue weighted by molar-refractivity contribution is -0.123. The van der Waals surface area contributed by atoms with E-state index in [0.717, 1.165) is 4.90 Å². The van der Waals surface area contributed by atoms with Crippen molar-refractivity contribution in [1.29, 1.82) is 0 Å². The van der Waals surface area contributed by atoms with Crippen LogP contribution >= 0.6 is 11.6 Å². The second-order valence-corrected chi connectivity index (χ2v) is 5.78. The summed E-state index contributed by atoms with van der Waals surface area (Å²) in [7, 11) is 0. The van der Waals surface area contributed by atoms with E-state index in [-0.39, 0.29) is 41.8 Å². The van der Waals surface area contributed by atoms with Crippen molar-refractivity contribution >= 4 is 29.3 Å². The maximum atomic E-state index is 12.3.